The molecule has 122 valence electrons. The van der Waals surface area contributed by atoms with Gasteiger partial charge in [0.05, 0.1) is 4.90 Å². The van der Waals surface area contributed by atoms with E-state index in [2.05, 4.69) is 12.2 Å². The van der Waals surface area contributed by atoms with Crippen molar-refractivity contribution in [3.05, 3.63) is 29.8 Å². The Morgan fingerprint density at radius 1 is 1.23 bits per heavy atom. The van der Waals surface area contributed by atoms with Crippen molar-refractivity contribution < 1.29 is 13.2 Å². The summed E-state index contributed by atoms with van der Waals surface area (Å²) in [5.74, 6) is -0.161. The molecule has 0 bridgehead atoms. The maximum absolute atomic E-state index is 12.4. The first-order valence-electron chi connectivity index (χ1n) is 7.86. The Balaban J connectivity index is 2.08. The van der Waals surface area contributed by atoms with Crippen molar-refractivity contribution in [3.63, 3.8) is 0 Å². The molecule has 1 aromatic rings. The van der Waals surface area contributed by atoms with Crippen molar-refractivity contribution in [1.29, 1.82) is 0 Å². The van der Waals surface area contributed by atoms with Gasteiger partial charge in [-0.05, 0) is 50.5 Å². The number of nitrogens with one attached hydrogen (secondary N) is 1. The zero-order valence-electron chi connectivity index (χ0n) is 13.2. The number of carbonyl (C=O) groups is 1. The molecule has 0 saturated carbocycles. The molecule has 1 heterocycles. The third-order valence-corrected chi connectivity index (χ3v) is 5.83. The highest BCUT2D eigenvalue weighted by molar-refractivity contribution is 7.89. The topological polar surface area (TPSA) is 66.5 Å². The number of benzene rings is 1. The number of nitrogens with zero attached hydrogens (tertiary/aromatic N) is 1. The molecule has 6 heteroatoms. The monoisotopic (exact) mass is 324 g/mol. The summed E-state index contributed by atoms with van der Waals surface area (Å²) in [6, 6.07) is 6.32. The molecule has 1 aromatic carbocycles. The first kappa shape index (κ1) is 17.0. The smallest absolute Gasteiger partial charge is 0.251 e. The normalized spacial score (nSPS) is 17.4. The fourth-order valence-electron chi connectivity index (χ4n) is 2.67. The van der Waals surface area contributed by atoms with Crippen LogP contribution >= 0.6 is 0 Å². The summed E-state index contributed by atoms with van der Waals surface area (Å²) in [6.45, 7) is 5.20. The van der Waals surface area contributed by atoms with Crippen LogP contribution in [-0.2, 0) is 10.0 Å². The third kappa shape index (κ3) is 3.87. The molecule has 1 atom stereocenters. The maximum Gasteiger partial charge on any atom is 0.251 e. The Bertz CT molecular complexity index is 605. The van der Waals surface area contributed by atoms with E-state index in [1.54, 1.807) is 12.1 Å². The summed E-state index contributed by atoms with van der Waals surface area (Å²) in [5, 5.41) is 2.91. The van der Waals surface area contributed by atoms with Crippen molar-refractivity contribution in [2.24, 2.45) is 0 Å². The zero-order valence-corrected chi connectivity index (χ0v) is 14.0. The Morgan fingerprint density at radius 2 is 1.82 bits per heavy atom. The van der Waals surface area contributed by atoms with Crippen LogP contribution in [0.4, 0.5) is 0 Å². The number of hydrogen-bond donors (Lipinski definition) is 1. The molecule has 0 aromatic heterocycles. The summed E-state index contributed by atoms with van der Waals surface area (Å²) in [5.41, 5.74) is 0.489. The molecule has 0 aliphatic carbocycles. The largest absolute Gasteiger partial charge is 0.350 e. The molecule has 2 rings (SSSR count). The number of sulfonamides is 1. The molecule has 1 aliphatic rings. The minimum absolute atomic E-state index is 0.116. The van der Waals surface area contributed by atoms with E-state index < -0.39 is 10.0 Å². The fraction of sp³-hybridized carbons (Fsp3) is 0.562. The SMILES string of the molecule is CCCC(C)NC(=O)c1ccc(S(=O)(=O)N2CCCC2)cc1. The van der Waals surface area contributed by atoms with E-state index in [4.69, 9.17) is 0 Å². The maximum atomic E-state index is 12.4. The van der Waals surface area contributed by atoms with E-state index in [-0.39, 0.29) is 16.8 Å². The van der Waals surface area contributed by atoms with Gasteiger partial charge in [-0.2, -0.15) is 4.31 Å². The van der Waals surface area contributed by atoms with Gasteiger partial charge in [-0.1, -0.05) is 13.3 Å². The van der Waals surface area contributed by atoms with E-state index in [9.17, 15) is 13.2 Å². The van der Waals surface area contributed by atoms with E-state index in [0.717, 1.165) is 25.7 Å². The predicted molar refractivity (Wildman–Crippen MR) is 86.3 cm³/mol. The molecule has 1 fully saturated rings. The molecule has 1 aliphatic heterocycles. The summed E-state index contributed by atoms with van der Waals surface area (Å²) >= 11 is 0. The van der Waals surface area contributed by atoms with Crippen molar-refractivity contribution in [3.8, 4) is 0 Å². The van der Waals surface area contributed by atoms with Crippen LogP contribution in [0.25, 0.3) is 0 Å². The molecular weight excluding hydrogens is 300 g/mol. The van der Waals surface area contributed by atoms with Gasteiger partial charge in [-0.15, -0.1) is 0 Å². The van der Waals surface area contributed by atoms with Crippen molar-refractivity contribution in [2.75, 3.05) is 13.1 Å². The van der Waals surface area contributed by atoms with Crippen LogP contribution in [0.5, 0.6) is 0 Å². The minimum atomic E-state index is -3.41. The number of carbonyl (C=O) groups excluding carboxylic acids is 1. The van der Waals surface area contributed by atoms with Gasteiger partial charge in [0.2, 0.25) is 10.0 Å². The highest BCUT2D eigenvalue weighted by Gasteiger charge is 2.27. The number of hydrogen-bond acceptors (Lipinski definition) is 3. The second kappa shape index (κ2) is 7.24. The number of amides is 1. The fourth-order valence-corrected chi connectivity index (χ4v) is 4.19. The van der Waals surface area contributed by atoms with Gasteiger partial charge in [-0.3, -0.25) is 4.79 Å². The summed E-state index contributed by atoms with van der Waals surface area (Å²) in [6.07, 6.45) is 3.76. The standard InChI is InChI=1S/C16H24N2O3S/c1-3-6-13(2)17-16(19)14-7-9-15(10-8-14)22(20,21)18-11-4-5-12-18/h7-10,13H,3-6,11-12H2,1-2H3,(H,17,19). The summed E-state index contributed by atoms with van der Waals surface area (Å²) < 4.78 is 26.3. The molecule has 1 amide bonds. The summed E-state index contributed by atoms with van der Waals surface area (Å²) in [7, 11) is -3.41. The highest BCUT2D eigenvalue weighted by Crippen LogP contribution is 2.21. The Hall–Kier alpha value is -1.40. The van der Waals surface area contributed by atoms with Gasteiger partial charge in [0, 0.05) is 24.7 Å². The van der Waals surface area contributed by atoms with Crippen LogP contribution in [-0.4, -0.2) is 37.8 Å². The lowest BCUT2D eigenvalue weighted by atomic mass is 10.1. The Morgan fingerprint density at radius 3 is 2.36 bits per heavy atom. The van der Waals surface area contributed by atoms with E-state index in [1.165, 1.54) is 16.4 Å². The first-order valence-corrected chi connectivity index (χ1v) is 9.30. The molecule has 5 nitrogen and oxygen atoms in total. The zero-order chi connectivity index (χ0) is 16.2. The Labute approximate surface area is 132 Å². The van der Waals surface area contributed by atoms with Crippen LogP contribution < -0.4 is 5.32 Å². The lowest BCUT2D eigenvalue weighted by Gasteiger charge is -2.16. The second-order valence-electron chi connectivity index (χ2n) is 5.80. The van der Waals surface area contributed by atoms with Gasteiger partial charge in [0.25, 0.3) is 5.91 Å². The molecule has 0 spiro atoms. The van der Waals surface area contributed by atoms with Gasteiger partial charge < -0.3 is 5.32 Å². The Kier molecular flexibility index (Phi) is 5.58. The van der Waals surface area contributed by atoms with Crippen LogP contribution in [0.3, 0.4) is 0 Å². The lowest BCUT2D eigenvalue weighted by Crippen LogP contribution is -2.32. The van der Waals surface area contributed by atoms with Gasteiger partial charge >= 0.3 is 0 Å². The van der Waals surface area contributed by atoms with Gasteiger partial charge in [0.1, 0.15) is 0 Å². The lowest BCUT2D eigenvalue weighted by molar-refractivity contribution is 0.0938. The van der Waals surface area contributed by atoms with Crippen LogP contribution in [0.1, 0.15) is 49.9 Å². The molecule has 1 unspecified atom stereocenters. The summed E-state index contributed by atoms with van der Waals surface area (Å²) in [4.78, 5) is 12.3. The minimum Gasteiger partial charge on any atom is -0.350 e. The number of rotatable bonds is 6. The average Bonchev–Trinajstić information content (AvgIpc) is 3.02. The van der Waals surface area contributed by atoms with Crippen molar-refractivity contribution in [1.82, 2.24) is 9.62 Å². The average molecular weight is 324 g/mol. The first-order chi connectivity index (χ1) is 10.4. The van der Waals surface area contributed by atoms with Gasteiger partial charge in [0.15, 0.2) is 0 Å². The second-order valence-corrected chi connectivity index (χ2v) is 7.74. The molecule has 22 heavy (non-hydrogen) atoms. The van der Waals surface area contributed by atoms with E-state index in [0.29, 0.717) is 18.7 Å². The van der Waals surface area contributed by atoms with Gasteiger partial charge in [-0.25, -0.2) is 8.42 Å². The van der Waals surface area contributed by atoms with Crippen LogP contribution in [0, 0.1) is 0 Å². The van der Waals surface area contributed by atoms with E-state index in [1.807, 2.05) is 6.92 Å². The van der Waals surface area contributed by atoms with Crippen molar-refractivity contribution >= 4 is 15.9 Å². The predicted octanol–water partition coefficient (Wildman–Crippen LogP) is 2.39. The highest BCUT2D eigenvalue weighted by atomic mass is 32.2. The van der Waals surface area contributed by atoms with Crippen LogP contribution in [0.15, 0.2) is 29.2 Å². The van der Waals surface area contributed by atoms with E-state index >= 15 is 0 Å². The molecular formula is C16H24N2O3S. The molecule has 1 saturated heterocycles. The third-order valence-electron chi connectivity index (χ3n) is 3.92. The van der Waals surface area contributed by atoms with Crippen LogP contribution in [0.2, 0.25) is 0 Å². The molecule has 1 N–H and O–H groups in total. The molecule has 0 radical (unpaired) electrons. The van der Waals surface area contributed by atoms with Crippen molar-refractivity contribution in [2.45, 2.75) is 50.5 Å². The quantitative estimate of drug-likeness (QED) is 0.874.